The van der Waals surface area contributed by atoms with Crippen molar-refractivity contribution in [3.8, 4) is 0 Å². The maximum Gasteiger partial charge on any atom is 0.255 e. The summed E-state index contributed by atoms with van der Waals surface area (Å²) in [5, 5.41) is 16.9. The van der Waals surface area contributed by atoms with Crippen molar-refractivity contribution in [1.29, 1.82) is 0 Å². The Morgan fingerprint density at radius 1 is 1.30 bits per heavy atom. The van der Waals surface area contributed by atoms with Crippen LogP contribution in [0.25, 0.3) is 0 Å². The first kappa shape index (κ1) is 16.8. The largest absolute Gasteiger partial charge is 0.622 e. The van der Waals surface area contributed by atoms with Gasteiger partial charge in [0.15, 0.2) is 0 Å². The Morgan fingerprint density at radius 3 is 2.10 bits per heavy atom. The molecule has 1 aliphatic rings. The fraction of sp³-hybridized carbons (Fsp3) is 0.857. The molecule has 116 valence electrons. The van der Waals surface area contributed by atoms with Crippen LogP contribution in [0.4, 0.5) is 0 Å². The van der Waals surface area contributed by atoms with E-state index in [2.05, 4.69) is 10.1 Å². The van der Waals surface area contributed by atoms with Gasteiger partial charge >= 0.3 is 0 Å². The van der Waals surface area contributed by atoms with Gasteiger partial charge in [-0.25, -0.2) is 4.90 Å². The molecule has 0 fully saturated rings. The maximum absolute atomic E-state index is 12.8. The topological polar surface area (TPSA) is 54.1 Å². The summed E-state index contributed by atoms with van der Waals surface area (Å²) in [5.41, 5.74) is -0.373. The lowest BCUT2D eigenvalue weighted by atomic mass is 9.95. The predicted molar refractivity (Wildman–Crippen MR) is 81.9 cm³/mol. The van der Waals surface area contributed by atoms with Gasteiger partial charge in [-0.1, -0.05) is 5.16 Å². The predicted octanol–water partition coefficient (Wildman–Crippen LogP) is 1.70. The summed E-state index contributed by atoms with van der Waals surface area (Å²) in [6.45, 7) is 13.5. The fourth-order valence-corrected chi connectivity index (χ4v) is 2.73. The molecule has 0 saturated heterocycles. The van der Waals surface area contributed by atoms with Gasteiger partial charge in [0.25, 0.3) is 5.71 Å². The van der Waals surface area contributed by atoms with Crippen LogP contribution in [0, 0.1) is 5.21 Å². The summed E-state index contributed by atoms with van der Waals surface area (Å²) in [7, 11) is 3.47. The van der Waals surface area contributed by atoms with Crippen molar-refractivity contribution in [2.24, 2.45) is 5.16 Å². The summed E-state index contributed by atoms with van der Waals surface area (Å²) < 4.78 is 1.06. The molecule has 6 nitrogen and oxygen atoms in total. The van der Waals surface area contributed by atoms with Crippen LogP contribution in [-0.4, -0.2) is 64.5 Å². The number of amidine groups is 1. The number of hydroxylamine groups is 1. The molecule has 0 aromatic rings. The first-order chi connectivity index (χ1) is 9.16. The molecule has 0 unspecified atom stereocenters. The third-order valence-corrected chi connectivity index (χ3v) is 4.39. The van der Waals surface area contributed by atoms with E-state index in [-0.39, 0.29) is 0 Å². The van der Waals surface area contributed by atoms with Gasteiger partial charge in [0.05, 0.1) is 0 Å². The van der Waals surface area contributed by atoms with Crippen molar-refractivity contribution in [3.05, 3.63) is 5.21 Å². The molecular formula is C14H28N4O2. The normalized spacial score (nSPS) is 22.3. The van der Waals surface area contributed by atoms with Gasteiger partial charge in [0, 0.05) is 26.9 Å². The van der Waals surface area contributed by atoms with Crippen LogP contribution in [0.1, 0.15) is 41.5 Å². The third-order valence-electron chi connectivity index (χ3n) is 4.39. The Labute approximate surface area is 122 Å². The maximum atomic E-state index is 12.8. The molecule has 0 amide bonds. The molecule has 1 rings (SSSR count). The molecule has 0 spiro atoms. The Kier molecular flexibility index (Phi) is 4.69. The molecule has 0 saturated carbocycles. The highest BCUT2D eigenvalue weighted by Gasteiger charge is 2.57. The highest BCUT2D eigenvalue weighted by atomic mass is 16.6. The monoisotopic (exact) mass is 284 g/mol. The van der Waals surface area contributed by atoms with Crippen LogP contribution < -0.4 is 0 Å². The molecule has 1 aliphatic heterocycles. The quantitative estimate of drug-likeness (QED) is 0.259. The number of rotatable bonds is 4. The summed E-state index contributed by atoms with van der Waals surface area (Å²) in [5.74, 6) is 0.620. The first-order valence-corrected chi connectivity index (χ1v) is 7.11. The van der Waals surface area contributed by atoms with Crippen molar-refractivity contribution in [2.75, 3.05) is 27.2 Å². The second-order valence-electron chi connectivity index (χ2n) is 6.03. The van der Waals surface area contributed by atoms with Gasteiger partial charge in [0.1, 0.15) is 12.6 Å². The fourth-order valence-electron chi connectivity index (χ4n) is 2.73. The van der Waals surface area contributed by atoms with Crippen molar-refractivity contribution in [3.63, 3.8) is 0 Å². The van der Waals surface area contributed by atoms with Gasteiger partial charge < -0.3 is 14.9 Å². The first-order valence-electron chi connectivity index (χ1n) is 7.11. The van der Waals surface area contributed by atoms with Gasteiger partial charge in [-0.3, -0.25) is 0 Å². The van der Waals surface area contributed by atoms with Crippen LogP contribution in [0.5, 0.6) is 0 Å². The Hall–Kier alpha value is -1.30. The average Bonchev–Trinajstić information content (AvgIpc) is 2.49. The summed E-state index contributed by atoms with van der Waals surface area (Å²) in [6.07, 6.45) is 0. The smallest absolute Gasteiger partial charge is 0.255 e. The Bertz CT molecular complexity index is 423. The number of oxime groups is 1. The van der Waals surface area contributed by atoms with E-state index in [9.17, 15) is 5.21 Å². The lowest BCUT2D eigenvalue weighted by Gasteiger charge is -2.32. The molecule has 0 N–H and O–H groups in total. The van der Waals surface area contributed by atoms with Gasteiger partial charge in [-0.15, -0.1) is 0 Å². The second kappa shape index (κ2) is 5.60. The van der Waals surface area contributed by atoms with E-state index in [1.807, 2.05) is 53.5 Å². The number of nitrogens with zero attached hydrogens (tertiary/aromatic N) is 4. The minimum Gasteiger partial charge on any atom is -0.622 e. The molecule has 0 bridgehead atoms. The van der Waals surface area contributed by atoms with E-state index in [0.717, 1.165) is 17.8 Å². The molecule has 0 aromatic heterocycles. The number of hydrogen-bond donors (Lipinski definition) is 0. The molecule has 0 aliphatic carbocycles. The lowest BCUT2D eigenvalue weighted by molar-refractivity contribution is -0.555. The molecule has 6 heteroatoms. The zero-order valence-corrected chi connectivity index (χ0v) is 14.0. The number of hydrogen-bond acceptors (Lipinski definition) is 4. The molecule has 0 atom stereocenters. The second-order valence-corrected chi connectivity index (χ2v) is 6.03. The van der Waals surface area contributed by atoms with E-state index in [1.165, 1.54) is 7.11 Å². The zero-order valence-electron chi connectivity index (χ0n) is 14.0. The minimum atomic E-state index is -0.611. The van der Waals surface area contributed by atoms with Crippen LogP contribution in [-0.2, 0) is 4.84 Å². The van der Waals surface area contributed by atoms with Crippen LogP contribution >= 0.6 is 0 Å². The average molecular weight is 284 g/mol. The van der Waals surface area contributed by atoms with Crippen LogP contribution in [0.15, 0.2) is 5.16 Å². The van der Waals surface area contributed by atoms with Crippen molar-refractivity contribution in [2.45, 2.75) is 52.7 Å². The van der Waals surface area contributed by atoms with E-state index < -0.39 is 11.2 Å². The molecular weight excluding hydrogens is 256 g/mol. The van der Waals surface area contributed by atoms with Crippen LogP contribution in [0.2, 0.25) is 0 Å². The van der Waals surface area contributed by atoms with Crippen molar-refractivity contribution in [1.82, 2.24) is 9.80 Å². The highest BCUT2D eigenvalue weighted by Crippen LogP contribution is 2.33. The van der Waals surface area contributed by atoms with E-state index in [4.69, 9.17) is 4.84 Å². The molecule has 0 aromatic carbocycles. The van der Waals surface area contributed by atoms with Gasteiger partial charge in [-0.2, -0.15) is 4.74 Å². The Morgan fingerprint density at radius 2 is 1.80 bits per heavy atom. The molecule has 20 heavy (non-hydrogen) atoms. The van der Waals surface area contributed by atoms with Crippen molar-refractivity contribution < 1.29 is 9.58 Å². The standard InChI is InChI=1S/C14H28N4O2/c1-9-17(10-2)12(15-20-8)11-13(3,4)16(7)14(5,6)18(11)19/h9-10H2,1-8H3/b15-12-. The molecule has 0 radical (unpaired) electrons. The van der Waals surface area contributed by atoms with E-state index >= 15 is 0 Å². The van der Waals surface area contributed by atoms with Crippen LogP contribution in [0.3, 0.4) is 0 Å². The van der Waals surface area contributed by atoms with E-state index in [0.29, 0.717) is 11.5 Å². The zero-order chi connectivity index (χ0) is 15.7. The third kappa shape index (κ3) is 2.37. The summed E-state index contributed by atoms with van der Waals surface area (Å²) in [6, 6.07) is 0. The lowest BCUT2D eigenvalue weighted by Crippen LogP contribution is -2.53. The SMILES string of the molecule is CCN(CC)/C(=N\OC)C1=[N+]([O-])C(C)(C)N(C)C1(C)C. The highest BCUT2D eigenvalue weighted by molar-refractivity contribution is 6.42. The Balaban J connectivity index is 3.46. The molecule has 1 heterocycles. The minimum absolute atomic E-state index is 0.412. The summed E-state index contributed by atoms with van der Waals surface area (Å²) in [4.78, 5) is 9.10. The van der Waals surface area contributed by atoms with Gasteiger partial charge in [0.2, 0.25) is 11.5 Å². The van der Waals surface area contributed by atoms with E-state index in [1.54, 1.807) is 0 Å². The van der Waals surface area contributed by atoms with Gasteiger partial charge in [-0.05, 0) is 34.7 Å². The van der Waals surface area contributed by atoms with Crippen molar-refractivity contribution >= 4 is 11.5 Å². The summed E-state index contributed by atoms with van der Waals surface area (Å²) >= 11 is 0.